The van der Waals surface area contributed by atoms with E-state index in [1.807, 2.05) is 0 Å². The van der Waals surface area contributed by atoms with E-state index in [0.29, 0.717) is 12.6 Å². The van der Waals surface area contributed by atoms with Crippen molar-refractivity contribution < 1.29 is 4.74 Å². The molecule has 1 saturated heterocycles. The molecule has 0 radical (unpaired) electrons. The zero-order valence-electron chi connectivity index (χ0n) is 13.4. The van der Waals surface area contributed by atoms with Crippen LogP contribution in [0.2, 0.25) is 0 Å². The van der Waals surface area contributed by atoms with Gasteiger partial charge in [0.25, 0.3) is 0 Å². The molecule has 0 bridgehead atoms. The van der Waals surface area contributed by atoms with Gasteiger partial charge in [-0.2, -0.15) is 0 Å². The van der Waals surface area contributed by atoms with Gasteiger partial charge in [0.05, 0.1) is 18.3 Å². The molecule has 1 unspecified atom stereocenters. The molecule has 1 atom stereocenters. The van der Waals surface area contributed by atoms with Crippen LogP contribution in [0.4, 0.5) is 5.95 Å². The van der Waals surface area contributed by atoms with E-state index in [1.165, 1.54) is 0 Å². The molecule has 5 heteroatoms. The third-order valence-electron chi connectivity index (χ3n) is 4.47. The summed E-state index contributed by atoms with van der Waals surface area (Å²) in [5, 5.41) is 3.44. The molecular formula is C15H28N4O. The van der Waals surface area contributed by atoms with Crippen LogP contribution in [-0.4, -0.2) is 48.9 Å². The maximum Gasteiger partial charge on any atom is 0.206 e. The van der Waals surface area contributed by atoms with Crippen molar-refractivity contribution >= 4 is 5.95 Å². The molecule has 2 rings (SSSR count). The first-order chi connectivity index (χ1) is 9.49. The number of imidazole rings is 1. The zero-order chi connectivity index (χ0) is 14.8. The van der Waals surface area contributed by atoms with Gasteiger partial charge >= 0.3 is 0 Å². The topological polar surface area (TPSA) is 42.3 Å². The van der Waals surface area contributed by atoms with Crippen LogP contribution >= 0.6 is 0 Å². The minimum absolute atomic E-state index is 0.265. The maximum absolute atomic E-state index is 5.28. The molecule has 0 saturated carbocycles. The van der Waals surface area contributed by atoms with Crippen molar-refractivity contribution in [3.05, 3.63) is 11.9 Å². The lowest BCUT2D eigenvalue weighted by Crippen LogP contribution is -2.50. The molecule has 2 heterocycles. The molecular weight excluding hydrogens is 252 g/mol. The summed E-state index contributed by atoms with van der Waals surface area (Å²) in [6.07, 6.45) is 4.42. The molecule has 0 aromatic carbocycles. The van der Waals surface area contributed by atoms with E-state index in [-0.39, 0.29) is 5.54 Å². The summed E-state index contributed by atoms with van der Waals surface area (Å²) in [6.45, 7) is 9.35. The third kappa shape index (κ3) is 3.15. The van der Waals surface area contributed by atoms with Crippen LogP contribution in [0.25, 0.3) is 0 Å². The summed E-state index contributed by atoms with van der Waals surface area (Å²) in [5.74, 6) is 1.09. The Bertz CT molecular complexity index is 435. The lowest BCUT2D eigenvalue weighted by Gasteiger charge is -2.40. The fraction of sp³-hybridized carbons (Fsp3) is 0.800. The molecule has 1 aliphatic rings. The van der Waals surface area contributed by atoms with Crippen LogP contribution in [0.1, 0.15) is 38.4 Å². The molecule has 1 N–H and O–H groups in total. The molecule has 1 fully saturated rings. The first-order valence-electron chi connectivity index (χ1n) is 7.47. The summed E-state index contributed by atoms with van der Waals surface area (Å²) in [4.78, 5) is 7.13. The van der Waals surface area contributed by atoms with E-state index in [0.717, 1.165) is 37.6 Å². The standard InChI is InChI=1S/C15H28N4O/c1-12-10-19(13(2)11-20-5)14(17-12)18-8-6-15(3,16-4)7-9-18/h10,13,16H,6-9,11H2,1-5H3. The van der Waals surface area contributed by atoms with Gasteiger partial charge in [0.1, 0.15) is 0 Å². The number of nitrogens with one attached hydrogen (secondary N) is 1. The highest BCUT2D eigenvalue weighted by atomic mass is 16.5. The Hall–Kier alpha value is -1.07. The summed E-state index contributed by atoms with van der Waals surface area (Å²) in [5.41, 5.74) is 1.34. The average molecular weight is 280 g/mol. The second kappa shape index (κ2) is 6.14. The number of hydrogen-bond donors (Lipinski definition) is 1. The number of piperidine rings is 1. The average Bonchev–Trinajstić information content (AvgIpc) is 2.82. The van der Waals surface area contributed by atoms with Gasteiger partial charge in [0.2, 0.25) is 5.95 Å². The Labute approximate surface area is 122 Å². The highest BCUT2D eigenvalue weighted by molar-refractivity contribution is 5.35. The summed E-state index contributed by atoms with van der Waals surface area (Å²) < 4.78 is 7.53. The summed E-state index contributed by atoms with van der Waals surface area (Å²) in [7, 11) is 3.81. The largest absolute Gasteiger partial charge is 0.383 e. The quantitative estimate of drug-likeness (QED) is 0.895. The molecule has 114 valence electrons. The van der Waals surface area contributed by atoms with Gasteiger partial charge < -0.3 is 19.5 Å². The van der Waals surface area contributed by atoms with E-state index in [9.17, 15) is 0 Å². The predicted molar refractivity (Wildman–Crippen MR) is 82.5 cm³/mol. The molecule has 0 amide bonds. The Kier molecular flexibility index (Phi) is 4.70. The smallest absolute Gasteiger partial charge is 0.206 e. The van der Waals surface area contributed by atoms with Gasteiger partial charge in [-0.25, -0.2) is 4.98 Å². The number of rotatable bonds is 5. The van der Waals surface area contributed by atoms with E-state index >= 15 is 0 Å². The number of ether oxygens (including phenoxy) is 1. The molecule has 1 aromatic heterocycles. The Morgan fingerprint density at radius 2 is 2.10 bits per heavy atom. The number of nitrogens with zero attached hydrogens (tertiary/aromatic N) is 3. The van der Waals surface area contributed by atoms with Crippen LogP contribution in [0.3, 0.4) is 0 Å². The van der Waals surface area contributed by atoms with Crippen LogP contribution in [0, 0.1) is 6.92 Å². The Morgan fingerprint density at radius 1 is 1.45 bits per heavy atom. The first-order valence-corrected chi connectivity index (χ1v) is 7.47. The molecule has 0 aliphatic carbocycles. The molecule has 20 heavy (non-hydrogen) atoms. The second-order valence-corrected chi connectivity index (χ2v) is 6.19. The van der Waals surface area contributed by atoms with Crippen molar-refractivity contribution in [2.24, 2.45) is 0 Å². The van der Waals surface area contributed by atoms with Crippen LogP contribution in [0.5, 0.6) is 0 Å². The SMILES string of the molecule is CNC1(C)CCN(c2nc(C)cn2C(C)COC)CC1. The minimum Gasteiger partial charge on any atom is -0.383 e. The Morgan fingerprint density at radius 3 is 2.65 bits per heavy atom. The zero-order valence-corrected chi connectivity index (χ0v) is 13.4. The fourth-order valence-corrected chi connectivity index (χ4v) is 2.83. The highest BCUT2D eigenvalue weighted by Crippen LogP contribution is 2.27. The maximum atomic E-state index is 5.28. The monoisotopic (exact) mass is 280 g/mol. The number of aryl methyl sites for hydroxylation is 1. The van der Waals surface area contributed by atoms with E-state index in [1.54, 1.807) is 7.11 Å². The van der Waals surface area contributed by atoms with Gasteiger partial charge in [-0.15, -0.1) is 0 Å². The van der Waals surface area contributed by atoms with Gasteiger partial charge in [-0.3, -0.25) is 0 Å². The lowest BCUT2D eigenvalue weighted by molar-refractivity contribution is 0.162. The molecule has 1 aromatic rings. The van der Waals surface area contributed by atoms with E-state index < -0.39 is 0 Å². The normalized spacial score (nSPS) is 20.1. The highest BCUT2D eigenvalue weighted by Gasteiger charge is 2.30. The van der Waals surface area contributed by atoms with Crippen LogP contribution in [-0.2, 0) is 4.74 Å². The third-order valence-corrected chi connectivity index (χ3v) is 4.47. The number of methoxy groups -OCH3 is 1. The van der Waals surface area contributed by atoms with Gasteiger partial charge in [-0.05, 0) is 40.7 Å². The Balaban J connectivity index is 2.13. The number of anilines is 1. The van der Waals surface area contributed by atoms with Crippen molar-refractivity contribution in [1.29, 1.82) is 0 Å². The van der Waals surface area contributed by atoms with Crippen LogP contribution in [0.15, 0.2) is 6.20 Å². The van der Waals surface area contributed by atoms with Crippen molar-refractivity contribution in [1.82, 2.24) is 14.9 Å². The van der Waals surface area contributed by atoms with E-state index in [4.69, 9.17) is 9.72 Å². The molecule has 5 nitrogen and oxygen atoms in total. The van der Waals surface area contributed by atoms with Gasteiger partial charge in [0, 0.05) is 31.9 Å². The van der Waals surface area contributed by atoms with Crippen molar-refractivity contribution in [3.8, 4) is 0 Å². The summed E-state index contributed by atoms with van der Waals surface area (Å²) in [6, 6.07) is 0.314. The van der Waals surface area contributed by atoms with Crippen molar-refractivity contribution in [2.45, 2.75) is 45.2 Å². The number of aromatic nitrogens is 2. The van der Waals surface area contributed by atoms with Crippen LogP contribution < -0.4 is 10.2 Å². The van der Waals surface area contributed by atoms with Gasteiger partial charge in [0.15, 0.2) is 0 Å². The van der Waals surface area contributed by atoms with Gasteiger partial charge in [-0.1, -0.05) is 0 Å². The number of hydrogen-bond acceptors (Lipinski definition) is 4. The molecule has 1 aliphatic heterocycles. The first kappa shape index (κ1) is 15.3. The van der Waals surface area contributed by atoms with Crippen molar-refractivity contribution in [2.75, 3.05) is 38.8 Å². The lowest BCUT2D eigenvalue weighted by atomic mass is 9.90. The summed E-state index contributed by atoms with van der Waals surface area (Å²) >= 11 is 0. The fourth-order valence-electron chi connectivity index (χ4n) is 2.83. The van der Waals surface area contributed by atoms with E-state index in [2.05, 4.69) is 48.8 Å². The predicted octanol–water partition coefficient (Wildman–Crippen LogP) is 1.98. The molecule has 0 spiro atoms. The van der Waals surface area contributed by atoms with Crippen molar-refractivity contribution in [3.63, 3.8) is 0 Å². The minimum atomic E-state index is 0.265. The second-order valence-electron chi connectivity index (χ2n) is 6.19.